The van der Waals surface area contributed by atoms with Crippen molar-refractivity contribution in [1.29, 1.82) is 0 Å². The monoisotopic (exact) mass is 356 g/mol. The minimum absolute atomic E-state index is 0.0525. The van der Waals surface area contributed by atoms with E-state index in [9.17, 15) is 9.59 Å². The lowest BCUT2D eigenvalue weighted by Gasteiger charge is -2.16. The summed E-state index contributed by atoms with van der Waals surface area (Å²) >= 11 is 1.45. The summed E-state index contributed by atoms with van der Waals surface area (Å²) in [6.07, 6.45) is 5.04. The van der Waals surface area contributed by atoms with E-state index in [1.165, 1.54) is 11.3 Å². The molecule has 0 aliphatic carbocycles. The second kappa shape index (κ2) is 7.58. The van der Waals surface area contributed by atoms with Gasteiger partial charge in [-0.2, -0.15) is 5.10 Å². The fourth-order valence-corrected chi connectivity index (χ4v) is 3.12. The van der Waals surface area contributed by atoms with Crippen LogP contribution in [0.3, 0.4) is 0 Å². The molecule has 0 spiro atoms. The topological polar surface area (TPSA) is 115 Å². The van der Waals surface area contributed by atoms with Gasteiger partial charge in [-0.1, -0.05) is 6.07 Å². The molecule has 9 heteroatoms. The number of anilines is 1. The summed E-state index contributed by atoms with van der Waals surface area (Å²) in [6, 6.07) is 7.77. The third-order valence-electron chi connectivity index (χ3n) is 3.37. The number of nitrogens with two attached hydrogens (primary N) is 1. The summed E-state index contributed by atoms with van der Waals surface area (Å²) in [4.78, 5) is 28.8. The van der Waals surface area contributed by atoms with Crippen molar-refractivity contribution < 1.29 is 9.59 Å². The highest BCUT2D eigenvalue weighted by Gasteiger charge is 2.19. The van der Waals surface area contributed by atoms with Crippen LogP contribution in [0.25, 0.3) is 5.82 Å². The summed E-state index contributed by atoms with van der Waals surface area (Å²) in [7, 11) is 0. The number of hydrogen-bond acceptors (Lipinski definition) is 5. The van der Waals surface area contributed by atoms with Crippen LogP contribution in [0.15, 0.2) is 54.3 Å². The molecule has 0 saturated carbocycles. The van der Waals surface area contributed by atoms with E-state index in [1.807, 2.05) is 17.5 Å². The van der Waals surface area contributed by atoms with Crippen LogP contribution in [-0.2, 0) is 4.79 Å². The van der Waals surface area contributed by atoms with Crippen molar-refractivity contribution in [3.63, 3.8) is 0 Å². The van der Waals surface area contributed by atoms with Gasteiger partial charge in [-0.25, -0.2) is 14.5 Å². The molecule has 1 atom stereocenters. The molecule has 3 aromatic heterocycles. The number of carbonyl (C=O) groups excluding carboxylic acids is 2. The molecule has 3 aromatic rings. The van der Waals surface area contributed by atoms with Crippen LogP contribution in [-0.4, -0.2) is 26.7 Å². The van der Waals surface area contributed by atoms with E-state index in [0.29, 0.717) is 11.5 Å². The summed E-state index contributed by atoms with van der Waals surface area (Å²) in [6.45, 7) is 0. The zero-order valence-corrected chi connectivity index (χ0v) is 13.9. The van der Waals surface area contributed by atoms with Gasteiger partial charge in [0.05, 0.1) is 18.2 Å². The second-order valence-corrected chi connectivity index (χ2v) is 6.13. The Balaban J connectivity index is 1.75. The molecule has 0 aromatic carbocycles. The predicted molar refractivity (Wildman–Crippen MR) is 94.4 cm³/mol. The maximum atomic E-state index is 12.5. The maximum absolute atomic E-state index is 12.5. The van der Waals surface area contributed by atoms with Gasteiger partial charge in [-0.15, -0.1) is 11.3 Å². The molecular formula is C16H16N6O2S. The Morgan fingerprint density at radius 2 is 2.12 bits per heavy atom. The van der Waals surface area contributed by atoms with Crippen LogP contribution < -0.4 is 16.4 Å². The number of primary amides is 1. The third-order valence-corrected chi connectivity index (χ3v) is 4.36. The standard InChI is InChI=1S/C16H16N6O2S/c17-16(24)21-12(13-5-2-9-25-13)10-14(23)20-11-4-1-6-18-15(11)22-8-3-7-19-22/h1-9,12H,10H2,(H,20,23)(H3,17,21,24). The lowest BCUT2D eigenvalue weighted by atomic mass is 10.1. The lowest BCUT2D eigenvalue weighted by Crippen LogP contribution is -2.35. The molecule has 3 heterocycles. The van der Waals surface area contributed by atoms with Crippen molar-refractivity contribution in [1.82, 2.24) is 20.1 Å². The molecule has 25 heavy (non-hydrogen) atoms. The minimum atomic E-state index is -0.676. The molecule has 1 unspecified atom stereocenters. The van der Waals surface area contributed by atoms with Crippen LogP contribution >= 0.6 is 11.3 Å². The Morgan fingerprint density at radius 1 is 1.24 bits per heavy atom. The third kappa shape index (κ3) is 4.21. The first-order valence-electron chi connectivity index (χ1n) is 7.48. The zero-order valence-electron chi connectivity index (χ0n) is 13.1. The van der Waals surface area contributed by atoms with Gasteiger partial charge in [-0.05, 0) is 29.6 Å². The molecule has 0 bridgehead atoms. The van der Waals surface area contributed by atoms with Crippen molar-refractivity contribution in [2.75, 3.05) is 5.32 Å². The molecule has 3 rings (SSSR count). The summed E-state index contributed by atoms with van der Waals surface area (Å²) < 4.78 is 1.56. The zero-order chi connectivity index (χ0) is 17.6. The first-order valence-corrected chi connectivity index (χ1v) is 8.35. The van der Waals surface area contributed by atoms with E-state index in [1.54, 1.807) is 41.5 Å². The molecule has 4 N–H and O–H groups in total. The fraction of sp³-hybridized carbons (Fsp3) is 0.125. The largest absolute Gasteiger partial charge is 0.352 e. The smallest absolute Gasteiger partial charge is 0.312 e. The van der Waals surface area contributed by atoms with Gasteiger partial charge in [0, 0.05) is 23.5 Å². The molecule has 8 nitrogen and oxygen atoms in total. The van der Waals surface area contributed by atoms with Gasteiger partial charge in [0.15, 0.2) is 5.82 Å². The molecule has 0 aliphatic heterocycles. The van der Waals surface area contributed by atoms with Crippen LogP contribution in [0.1, 0.15) is 17.3 Å². The Hall–Kier alpha value is -3.20. The van der Waals surface area contributed by atoms with Crippen LogP contribution in [0, 0.1) is 0 Å². The lowest BCUT2D eigenvalue weighted by molar-refractivity contribution is -0.116. The van der Waals surface area contributed by atoms with E-state index in [-0.39, 0.29) is 12.3 Å². The predicted octanol–water partition coefficient (Wildman–Crippen LogP) is 2.07. The molecule has 0 saturated heterocycles. The van der Waals surface area contributed by atoms with Crippen molar-refractivity contribution in [2.24, 2.45) is 5.73 Å². The number of carbonyl (C=O) groups is 2. The number of nitrogens with zero attached hydrogens (tertiary/aromatic N) is 3. The normalized spacial score (nSPS) is 11.7. The van der Waals surface area contributed by atoms with Crippen molar-refractivity contribution in [3.8, 4) is 5.82 Å². The number of amides is 3. The summed E-state index contributed by atoms with van der Waals surface area (Å²) in [5, 5.41) is 11.4. The molecule has 0 radical (unpaired) electrons. The Kier molecular flexibility index (Phi) is 5.05. The van der Waals surface area contributed by atoms with Crippen molar-refractivity contribution in [2.45, 2.75) is 12.5 Å². The highest BCUT2D eigenvalue weighted by Crippen LogP contribution is 2.23. The summed E-state index contributed by atoms with van der Waals surface area (Å²) in [5.74, 6) is 0.241. The average Bonchev–Trinajstić information content (AvgIpc) is 3.28. The number of rotatable bonds is 6. The van der Waals surface area contributed by atoms with Crippen LogP contribution in [0.5, 0.6) is 0 Å². The maximum Gasteiger partial charge on any atom is 0.312 e. The van der Waals surface area contributed by atoms with Gasteiger partial charge < -0.3 is 16.4 Å². The van der Waals surface area contributed by atoms with Crippen LogP contribution in [0.2, 0.25) is 0 Å². The second-order valence-electron chi connectivity index (χ2n) is 5.15. The van der Waals surface area contributed by atoms with E-state index in [2.05, 4.69) is 20.7 Å². The van der Waals surface area contributed by atoms with E-state index < -0.39 is 12.1 Å². The number of hydrogen-bond donors (Lipinski definition) is 3. The average molecular weight is 356 g/mol. The Morgan fingerprint density at radius 3 is 2.80 bits per heavy atom. The highest BCUT2D eigenvalue weighted by atomic mass is 32.1. The Labute approximate surface area is 147 Å². The molecule has 0 fully saturated rings. The Bertz CT molecular complexity index is 847. The SMILES string of the molecule is NC(=O)NC(CC(=O)Nc1cccnc1-n1cccn1)c1cccs1. The van der Waals surface area contributed by atoms with Crippen LogP contribution in [0.4, 0.5) is 10.5 Å². The number of urea groups is 1. The van der Waals surface area contributed by atoms with Gasteiger partial charge in [0.1, 0.15) is 0 Å². The van der Waals surface area contributed by atoms with Crippen molar-refractivity contribution in [3.05, 3.63) is 59.2 Å². The number of thiophene rings is 1. The molecule has 0 aliphatic rings. The van der Waals surface area contributed by atoms with Gasteiger partial charge in [0.25, 0.3) is 0 Å². The van der Waals surface area contributed by atoms with Gasteiger partial charge in [-0.3, -0.25) is 4.79 Å². The van der Waals surface area contributed by atoms with E-state index in [0.717, 1.165) is 4.88 Å². The quantitative estimate of drug-likeness (QED) is 0.627. The van der Waals surface area contributed by atoms with E-state index >= 15 is 0 Å². The molecule has 3 amide bonds. The minimum Gasteiger partial charge on any atom is -0.352 e. The van der Waals surface area contributed by atoms with Crippen molar-refractivity contribution >= 4 is 29.0 Å². The number of nitrogens with one attached hydrogen (secondary N) is 2. The molecular weight excluding hydrogens is 340 g/mol. The first-order chi connectivity index (χ1) is 12.1. The van der Waals surface area contributed by atoms with Gasteiger partial charge >= 0.3 is 6.03 Å². The number of aromatic nitrogens is 3. The van der Waals surface area contributed by atoms with E-state index in [4.69, 9.17) is 5.73 Å². The first kappa shape index (κ1) is 16.7. The highest BCUT2D eigenvalue weighted by molar-refractivity contribution is 7.10. The fourth-order valence-electron chi connectivity index (χ4n) is 2.34. The number of pyridine rings is 1. The summed E-state index contributed by atoms with van der Waals surface area (Å²) in [5.41, 5.74) is 5.75. The van der Waals surface area contributed by atoms with Gasteiger partial charge in [0.2, 0.25) is 5.91 Å². The molecule has 128 valence electrons.